The molecule has 0 aliphatic carbocycles. The van der Waals surface area contributed by atoms with Gasteiger partial charge in [-0.3, -0.25) is 0 Å². The van der Waals surface area contributed by atoms with E-state index in [2.05, 4.69) is 11.6 Å². The molecule has 0 saturated heterocycles. The number of hydrogen-bond donors (Lipinski definition) is 2. The Morgan fingerprint density at radius 3 is 2.48 bits per heavy atom. The number of aromatic carboxylic acids is 1. The van der Waals surface area contributed by atoms with Crippen LogP contribution in [0, 0.1) is 6.92 Å². The van der Waals surface area contributed by atoms with E-state index in [0.717, 1.165) is 32.1 Å². The molecule has 6 heteroatoms. The van der Waals surface area contributed by atoms with E-state index in [1.165, 1.54) is 18.2 Å². The van der Waals surface area contributed by atoms with Gasteiger partial charge in [-0.15, -0.1) is 0 Å². The van der Waals surface area contributed by atoms with Crippen LogP contribution >= 0.6 is 0 Å². The van der Waals surface area contributed by atoms with Gasteiger partial charge in [0.1, 0.15) is 0 Å². The lowest BCUT2D eigenvalue weighted by Crippen LogP contribution is -2.25. The number of benzene rings is 1. The van der Waals surface area contributed by atoms with Crippen LogP contribution in [0.2, 0.25) is 0 Å². The largest absolute Gasteiger partial charge is 0.478 e. The maximum absolute atomic E-state index is 12.1. The molecule has 5 nitrogen and oxygen atoms in total. The maximum Gasteiger partial charge on any atom is 0.335 e. The molecule has 0 saturated carbocycles. The molecule has 0 heterocycles. The molecule has 0 radical (unpaired) electrons. The topological polar surface area (TPSA) is 83.5 Å². The normalized spacial score (nSPS) is 11.5. The van der Waals surface area contributed by atoms with Gasteiger partial charge < -0.3 is 5.11 Å². The zero-order valence-corrected chi connectivity index (χ0v) is 13.4. The molecule has 0 bridgehead atoms. The Bertz CT molecular complexity index is 581. The second-order valence-corrected chi connectivity index (χ2v) is 6.86. The zero-order chi connectivity index (χ0) is 15.9. The number of carbonyl (C=O) groups is 1. The minimum atomic E-state index is -3.64. The third kappa shape index (κ3) is 5.47. The van der Waals surface area contributed by atoms with E-state index < -0.39 is 16.0 Å². The van der Waals surface area contributed by atoms with Crippen molar-refractivity contribution < 1.29 is 18.3 Å². The summed E-state index contributed by atoms with van der Waals surface area (Å²) in [6.45, 7) is 4.14. The number of sulfonamides is 1. The SMILES string of the molecule is CCCCCCCNS(=O)(=O)c1ccc(C)c(C(=O)O)c1. The summed E-state index contributed by atoms with van der Waals surface area (Å²) in [4.78, 5) is 11.0. The van der Waals surface area contributed by atoms with Crippen LogP contribution in [-0.4, -0.2) is 26.0 Å². The lowest BCUT2D eigenvalue weighted by molar-refractivity contribution is 0.0696. The van der Waals surface area contributed by atoms with E-state index >= 15 is 0 Å². The number of carboxylic acid groups (broad SMARTS) is 1. The first-order chi connectivity index (χ1) is 9.88. The summed E-state index contributed by atoms with van der Waals surface area (Å²) in [5.74, 6) is -1.12. The number of carboxylic acids is 1. The van der Waals surface area contributed by atoms with Gasteiger partial charge in [0.05, 0.1) is 10.5 Å². The van der Waals surface area contributed by atoms with Crippen molar-refractivity contribution in [3.8, 4) is 0 Å². The van der Waals surface area contributed by atoms with Gasteiger partial charge >= 0.3 is 5.97 Å². The van der Waals surface area contributed by atoms with Gasteiger partial charge in [0.25, 0.3) is 0 Å². The van der Waals surface area contributed by atoms with Crippen molar-refractivity contribution in [1.29, 1.82) is 0 Å². The molecule has 0 unspecified atom stereocenters. The average Bonchev–Trinajstić information content (AvgIpc) is 2.42. The second kappa shape index (κ2) is 8.14. The molecule has 0 amide bonds. The predicted octanol–water partition coefficient (Wildman–Crippen LogP) is 2.94. The van der Waals surface area contributed by atoms with Gasteiger partial charge in [0.2, 0.25) is 10.0 Å². The Morgan fingerprint density at radius 1 is 1.19 bits per heavy atom. The van der Waals surface area contributed by atoms with Gasteiger partial charge in [-0.2, -0.15) is 0 Å². The number of rotatable bonds is 9. The summed E-state index contributed by atoms with van der Waals surface area (Å²) in [6.07, 6.45) is 5.19. The summed E-state index contributed by atoms with van der Waals surface area (Å²) < 4.78 is 26.7. The first kappa shape index (κ1) is 17.7. The molecule has 0 aromatic heterocycles. The molecule has 0 atom stereocenters. The van der Waals surface area contributed by atoms with Gasteiger partial charge in [-0.25, -0.2) is 17.9 Å². The van der Waals surface area contributed by atoms with Crippen LogP contribution in [0.3, 0.4) is 0 Å². The average molecular weight is 313 g/mol. The Balaban J connectivity index is 2.66. The highest BCUT2D eigenvalue weighted by atomic mass is 32.2. The first-order valence-electron chi connectivity index (χ1n) is 7.22. The molecule has 0 aliphatic heterocycles. The third-order valence-corrected chi connectivity index (χ3v) is 4.78. The van der Waals surface area contributed by atoms with Crippen molar-refractivity contribution >= 4 is 16.0 Å². The number of hydrogen-bond acceptors (Lipinski definition) is 3. The molecular formula is C15H23NO4S. The fourth-order valence-corrected chi connectivity index (χ4v) is 3.12. The summed E-state index contributed by atoms with van der Waals surface area (Å²) in [5, 5.41) is 9.04. The van der Waals surface area contributed by atoms with Crippen molar-refractivity contribution in [3.63, 3.8) is 0 Å². The Labute approximate surface area is 126 Å². The van der Waals surface area contributed by atoms with Crippen LogP contribution in [0.4, 0.5) is 0 Å². The third-order valence-electron chi connectivity index (χ3n) is 3.32. The predicted molar refractivity (Wildman–Crippen MR) is 82.1 cm³/mol. The number of unbranched alkanes of at least 4 members (excludes halogenated alkanes) is 4. The monoisotopic (exact) mass is 313 g/mol. The fraction of sp³-hybridized carbons (Fsp3) is 0.533. The van der Waals surface area contributed by atoms with E-state index in [4.69, 9.17) is 5.11 Å². The lowest BCUT2D eigenvalue weighted by Gasteiger charge is -2.08. The second-order valence-electron chi connectivity index (χ2n) is 5.09. The van der Waals surface area contributed by atoms with Crippen molar-refractivity contribution in [2.45, 2.75) is 50.8 Å². The van der Waals surface area contributed by atoms with E-state index in [1.807, 2.05) is 0 Å². The Kier molecular flexibility index (Phi) is 6.84. The van der Waals surface area contributed by atoms with Crippen molar-refractivity contribution in [2.75, 3.05) is 6.54 Å². The Hall–Kier alpha value is -1.40. The standard InChI is InChI=1S/C15H23NO4S/c1-3-4-5-6-7-10-16-21(19,20)13-9-8-12(2)14(11-13)15(17)18/h8-9,11,16H,3-7,10H2,1-2H3,(H,17,18). The molecular weight excluding hydrogens is 290 g/mol. The zero-order valence-electron chi connectivity index (χ0n) is 12.6. The smallest absolute Gasteiger partial charge is 0.335 e. The Morgan fingerprint density at radius 2 is 1.86 bits per heavy atom. The molecule has 0 aliphatic rings. The maximum atomic E-state index is 12.1. The summed E-state index contributed by atoms with van der Waals surface area (Å²) in [6, 6.07) is 4.15. The van der Waals surface area contributed by atoms with Crippen LogP contribution in [0.5, 0.6) is 0 Å². The number of aryl methyl sites for hydroxylation is 1. The molecule has 1 rings (SSSR count). The van der Waals surface area contributed by atoms with E-state index in [1.54, 1.807) is 6.92 Å². The van der Waals surface area contributed by atoms with Crippen LogP contribution in [0.1, 0.15) is 54.9 Å². The van der Waals surface area contributed by atoms with Gasteiger partial charge in [0.15, 0.2) is 0 Å². The van der Waals surface area contributed by atoms with E-state index in [9.17, 15) is 13.2 Å². The van der Waals surface area contributed by atoms with Crippen LogP contribution in [0.25, 0.3) is 0 Å². The van der Waals surface area contributed by atoms with Crippen molar-refractivity contribution in [2.24, 2.45) is 0 Å². The molecule has 2 N–H and O–H groups in total. The van der Waals surface area contributed by atoms with Crippen molar-refractivity contribution in [3.05, 3.63) is 29.3 Å². The van der Waals surface area contributed by atoms with E-state index in [0.29, 0.717) is 12.1 Å². The summed E-state index contributed by atoms with van der Waals surface area (Å²) >= 11 is 0. The van der Waals surface area contributed by atoms with Gasteiger partial charge in [0, 0.05) is 6.54 Å². The highest BCUT2D eigenvalue weighted by Crippen LogP contribution is 2.15. The summed E-state index contributed by atoms with van der Waals surface area (Å²) in [7, 11) is -3.64. The lowest BCUT2D eigenvalue weighted by atomic mass is 10.1. The van der Waals surface area contributed by atoms with Crippen LogP contribution in [0.15, 0.2) is 23.1 Å². The van der Waals surface area contributed by atoms with Crippen molar-refractivity contribution in [1.82, 2.24) is 4.72 Å². The molecule has 1 aromatic carbocycles. The van der Waals surface area contributed by atoms with Crippen LogP contribution < -0.4 is 4.72 Å². The van der Waals surface area contributed by atoms with Gasteiger partial charge in [-0.1, -0.05) is 38.7 Å². The minimum Gasteiger partial charge on any atom is -0.478 e. The fourth-order valence-electron chi connectivity index (χ4n) is 2.02. The molecule has 118 valence electrons. The molecule has 1 aromatic rings. The highest BCUT2D eigenvalue weighted by Gasteiger charge is 2.17. The quantitative estimate of drug-likeness (QED) is 0.687. The minimum absolute atomic E-state index is 0.000872. The van der Waals surface area contributed by atoms with E-state index in [-0.39, 0.29) is 10.5 Å². The molecule has 21 heavy (non-hydrogen) atoms. The van der Waals surface area contributed by atoms with Crippen LogP contribution in [-0.2, 0) is 10.0 Å². The molecule has 0 fully saturated rings. The van der Waals surface area contributed by atoms with Gasteiger partial charge in [-0.05, 0) is 31.0 Å². The highest BCUT2D eigenvalue weighted by molar-refractivity contribution is 7.89. The summed E-state index contributed by atoms with van der Waals surface area (Å²) in [5.41, 5.74) is 0.557. The molecule has 0 spiro atoms. The number of nitrogens with one attached hydrogen (secondary N) is 1. The first-order valence-corrected chi connectivity index (χ1v) is 8.70.